The van der Waals surface area contributed by atoms with Gasteiger partial charge in [-0.3, -0.25) is 9.59 Å². The van der Waals surface area contributed by atoms with Crippen LogP contribution in [0.25, 0.3) is 0 Å². The lowest BCUT2D eigenvalue weighted by molar-refractivity contribution is -0.137. The van der Waals surface area contributed by atoms with Crippen molar-refractivity contribution in [2.24, 2.45) is 0 Å². The highest BCUT2D eigenvalue weighted by Gasteiger charge is 2.30. The van der Waals surface area contributed by atoms with Crippen LogP contribution in [0.2, 0.25) is 0 Å². The molecule has 150 valence electrons. The molecule has 2 aromatic carbocycles. The molecule has 0 bridgehead atoms. The Kier molecular flexibility index (Phi) is 5.54. The molecule has 3 aromatic rings. The summed E-state index contributed by atoms with van der Waals surface area (Å²) in [5.41, 5.74) is -0.248. The van der Waals surface area contributed by atoms with Gasteiger partial charge in [0.05, 0.1) is 17.7 Å². The summed E-state index contributed by atoms with van der Waals surface area (Å²) in [6, 6.07) is 11.3. The second kappa shape index (κ2) is 7.90. The van der Waals surface area contributed by atoms with E-state index in [1.165, 1.54) is 42.6 Å². The van der Waals surface area contributed by atoms with E-state index in [1.807, 2.05) is 0 Å². The third-order valence-corrected chi connectivity index (χ3v) is 4.28. The van der Waals surface area contributed by atoms with Crippen molar-refractivity contribution >= 4 is 11.6 Å². The Morgan fingerprint density at radius 3 is 2.52 bits per heavy atom. The molecular formula is C21H16F4N2O2. The number of carbonyl (C=O) groups excluding carboxylic acids is 1. The summed E-state index contributed by atoms with van der Waals surface area (Å²) in [7, 11) is 0. The fourth-order valence-corrected chi connectivity index (χ4v) is 2.71. The van der Waals surface area contributed by atoms with Crippen LogP contribution < -0.4 is 10.9 Å². The van der Waals surface area contributed by atoms with Crippen LogP contribution in [0.3, 0.4) is 0 Å². The highest BCUT2D eigenvalue weighted by molar-refractivity contribution is 6.04. The molecule has 4 nitrogen and oxygen atoms in total. The molecule has 0 aliphatic heterocycles. The molecule has 3 rings (SSSR count). The van der Waals surface area contributed by atoms with Crippen molar-refractivity contribution in [3.8, 4) is 0 Å². The molecule has 1 amide bonds. The van der Waals surface area contributed by atoms with E-state index in [-0.39, 0.29) is 23.4 Å². The number of nitrogens with zero attached hydrogens (tertiary/aromatic N) is 1. The number of nitrogens with one attached hydrogen (secondary N) is 1. The largest absolute Gasteiger partial charge is 0.416 e. The predicted octanol–water partition coefficient (Wildman–Crippen LogP) is 4.62. The van der Waals surface area contributed by atoms with Gasteiger partial charge in [0.25, 0.3) is 11.5 Å². The van der Waals surface area contributed by atoms with Crippen LogP contribution in [-0.2, 0) is 12.7 Å². The summed E-state index contributed by atoms with van der Waals surface area (Å²) in [5, 5.41) is 2.52. The Morgan fingerprint density at radius 2 is 1.83 bits per heavy atom. The number of hydrogen-bond donors (Lipinski definition) is 1. The molecule has 29 heavy (non-hydrogen) atoms. The van der Waals surface area contributed by atoms with Gasteiger partial charge in [-0.25, -0.2) is 4.39 Å². The number of aromatic nitrogens is 1. The Labute approximate surface area is 163 Å². The lowest BCUT2D eigenvalue weighted by atomic mass is 10.1. The Morgan fingerprint density at radius 1 is 1.07 bits per heavy atom. The number of anilines is 1. The minimum atomic E-state index is -4.49. The molecule has 0 saturated carbocycles. The summed E-state index contributed by atoms with van der Waals surface area (Å²) in [4.78, 5) is 24.5. The molecule has 0 radical (unpaired) electrons. The molecule has 1 N–H and O–H groups in total. The summed E-state index contributed by atoms with van der Waals surface area (Å²) in [5.74, 6) is -1.05. The number of alkyl halides is 3. The highest BCUT2D eigenvalue weighted by atomic mass is 19.4. The zero-order valence-electron chi connectivity index (χ0n) is 15.3. The van der Waals surface area contributed by atoms with Crippen LogP contribution >= 0.6 is 0 Å². The summed E-state index contributed by atoms with van der Waals surface area (Å²) in [6.07, 6.45) is -3.24. The van der Waals surface area contributed by atoms with Crippen molar-refractivity contribution in [3.05, 3.63) is 99.2 Å². The zero-order chi connectivity index (χ0) is 21.2. The van der Waals surface area contributed by atoms with E-state index in [4.69, 9.17) is 0 Å². The van der Waals surface area contributed by atoms with E-state index in [0.29, 0.717) is 5.56 Å². The first-order valence-corrected chi connectivity index (χ1v) is 8.57. The molecular weight excluding hydrogens is 388 g/mol. The number of rotatable bonds is 4. The van der Waals surface area contributed by atoms with Crippen LogP contribution in [0.4, 0.5) is 23.2 Å². The summed E-state index contributed by atoms with van der Waals surface area (Å²) in [6.45, 7) is 1.45. The van der Waals surface area contributed by atoms with Crippen LogP contribution in [0.15, 0.2) is 65.6 Å². The average Bonchev–Trinajstić information content (AvgIpc) is 2.66. The molecule has 8 heteroatoms. The highest BCUT2D eigenvalue weighted by Crippen LogP contribution is 2.29. The molecule has 0 saturated heterocycles. The third-order valence-electron chi connectivity index (χ3n) is 4.28. The van der Waals surface area contributed by atoms with Gasteiger partial charge in [-0.2, -0.15) is 13.2 Å². The van der Waals surface area contributed by atoms with E-state index in [0.717, 1.165) is 22.8 Å². The molecule has 0 atom stereocenters. The monoisotopic (exact) mass is 404 g/mol. The van der Waals surface area contributed by atoms with Gasteiger partial charge in [-0.1, -0.05) is 18.2 Å². The number of halogens is 4. The van der Waals surface area contributed by atoms with E-state index in [2.05, 4.69) is 5.32 Å². The molecule has 0 spiro atoms. The smallest absolute Gasteiger partial charge is 0.322 e. The molecule has 1 heterocycles. The maximum Gasteiger partial charge on any atom is 0.416 e. The normalized spacial score (nSPS) is 11.3. The minimum Gasteiger partial charge on any atom is -0.322 e. The maximum absolute atomic E-state index is 13.6. The number of benzene rings is 2. The Balaban J connectivity index is 1.83. The van der Waals surface area contributed by atoms with Gasteiger partial charge in [-0.05, 0) is 48.4 Å². The zero-order valence-corrected chi connectivity index (χ0v) is 15.3. The van der Waals surface area contributed by atoms with Gasteiger partial charge < -0.3 is 9.88 Å². The molecule has 0 aliphatic carbocycles. The van der Waals surface area contributed by atoms with Gasteiger partial charge in [0.15, 0.2) is 0 Å². The SMILES string of the molecule is Cc1ccc(NC(=O)c2ccc(=O)n(Cc3cccc(C(F)(F)F)c3)c2)cc1F. The Hall–Kier alpha value is -3.42. The van der Waals surface area contributed by atoms with Gasteiger partial charge in [0.2, 0.25) is 0 Å². The second-order valence-electron chi connectivity index (χ2n) is 6.50. The second-order valence-corrected chi connectivity index (χ2v) is 6.50. The fraction of sp³-hybridized carbons (Fsp3) is 0.143. The first-order valence-electron chi connectivity index (χ1n) is 8.57. The van der Waals surface area contributed by atoms with Crippen molar-refractivity contribution < 1.29 is 22.4 Å². The number of hydrogen-bond acceptors (Lipinski definition) is 2. The first kappa shape index (κ1) is 20.3. The van der Waals surface area contributed by atoms with Gasteiger partial charge in [0, 0.05) is 18.0 Å². The molecule has 1 aromatic heterocycles. The maximum atomic E-state index is 13.6. The van der Waals surface area contributed by atoms with Gasteiger partial charge in [0.1, 0.15) is 5.82 Å². The van der Waals surface area contributed by atoms with Crippen molar-refractivity contribution in [2.75, 3.05) is 5.32 Å². The third kappa shape index (κ3) is 4.90. The quantitative estimate of drug-likeness (QED) is 0.646. The van der Waals surface area contributed by atoms with Crippen molar-refractivity contribution in [2.45, 2.75) is 19.6 Å². The van der Waals surface area contributed by atoms with Crippen molar-refractivity contribution in [1.29, 1.82) is 0 Å². The van der Waals surface area contributed by atoms with Gasteiger partial charge >= 0.3 is 6.18 Å². The number of amides is 1. The van der Waals surface area contributed by atoms with Crippen LogP contribution in [0, 0.1) is 12.7 Å². The number of carbonyl (C=O) groups is 1. The average molecular weight is 404 g/mol. The number of pyridine rings is 1. The molecule has 0 fully saturated rings. The van der Waals surface area contributed by atoms with Crippen molar-refractivity contribution in [3.63, 3.8) is 0 Å². The van der Waals surface area contributed by atoms with E-state index in [9.17, 15) is 27.2 Å². The van der Waals surface area contributed by atoms with E-state index in [1.54, 1.807) is 6.92 Å². The first-order chi connectivity index (χ1) is 13.6. The summed E-state index contributed by atoms with van der Waals surface area (Å²) < 4.78 is 53.4. The van der Waals surface area contributed by atoms with Gasteiger partial charge in [-0.15, -0.1) is 0 Å². The standard InChI is InChI=1S/C21H16F4N2O2/c1-13-5-7-17(10-18(13)22)26-20(29)15-6-8-19(28)27(12-15)11-14-3-2-4-16(9-14)21(23,24)25/h2-10,12H,11H2,1H3,(H,26,29). The summed E-state index contributed by atoms with van der Waals surface area (Å²) >= 11 is 0. The molecule has 0 aliphatic rings. The lowest BCUT2D eigenvalue weighted by Crippen LogP contribution is -2.22. The van der Waals surface area contributed by atoms with Crippen molar-refractivity contribution in [1.82, 2.24) is 4.57 Å². The number of aryl methyl sites for hydroxylation is 1. The molecule has 0 unspecified atom stereocenters. The van der Waals surface area contributed by atoms with E-state index < -0.39 is 29.0 Å². The van der Waals surface area contributed by atoms with E-state index >= 15 is 0 Å². The lowest BCUT2D eigenvalue weighted by Gasteiger charge is -2.11. The Bertz CT molecular complexity index is 1120. The minimum absolute atomic E-state index is 0.109. The van der Waals surface area contributed by atoms with Crippen LogP contribution in [0.1, 0.15) is 27.0 Å². The van der Waals surface area contributed by atoms with Crippen LogP contribution in [0.5, 0.6) is 0 Å². The topological polar surface area (TPSA) is 51.1 Å². The van der Waals surface area contributed by atoms with Crippen LogP contribution in [-0.4, -0.2) is 10.5 Å². The fourth-order valence-electron chi connectivity index (χ4n) is 2.71. The predicted molar refractivity (Wildman–Crippen MR) is 100 cm³/mol.